The Kier molecular flexibility index (Phi) is 4.67. The largest absolute Gasteiger partial charge is 0.371 e. The van der Waals surface area contributed by atoms with Gasteiger partial charge in [0, 0.05) is 19.2 Å². The molecule has 3 rings (SSSR count). The maximum Gasteiger partial charge on any atom is 0.246 e. The van der Waals surface area contributed by atoms with Crippen LogP contribution in [0.3, 0.4) is 0 Å². The molecule has 0 saturated carbocycles. The lowest BCUT2D eigenvalue weighted by Gasteiger charge is -2.32. The van der Waals surface area contributed by atoms with Crippen molar-refractivity contribution in [1.82, 2.24) is 4.31 Å². The van der Waals surface area contributed by atoms with Crippen molar-refractivity contribution in [1.29, 1.82) is 0 Å². The number of sulfonamides is 1. The summed E-state index contributed by atoms with van der Waals surface area (Å²) in [5, 5.41) is 0. The molecule has 0 amide bonds. The van der Waals surface area contributed by atoms with Crippen LogP contribution in [-0.4, -0.2) is 32.4 Å². The first-order valence-electron chi connectivity index (χ1n) is 7.51. The molecule has 1 fully saturated rings. The van der Waals surface area contributed by atoms with Gasteiger partial charge in [-0.15, -0.1) is 0 Å². The number of morpholine rings is 1. The average Bonchev–Trinajstić information content (AvgIpc) is 2.55. The molecule has 2 aromatic carbocycles. The summed E-state index contributed by atoms with van der Waals surface area (Å²) >= 11 is 0. The molecule has 0 radical (unpaired) electrons. The average molecular weight is 353 g/mol. The van der Waals surface area contributed by atoms with Gasteiger partial charge in [-0.3, -0.25) is 0 Å². The monoisotopic (exact) mass is 353 g/mol. The molecule has 7 heteroatoms. The third-order valence-corrected chi connectivity index (χ3v) is 5.89. The predicted octanol–water partition coefficient (Wildman–Crippen LogP) is 3.04. The predicted molar refractivity (Wildman–Crippen MR) is 85.0 cm³/mol. The van der Waals surface area contributed by atoms with Crippen molar-refractivity contribution in [2.45, 2.75) is 17.9 Å². The number of halogens is 2. The van der Waals surface area contributed by atoms with Gasteiger partial charge in [0.15, 0.2) is 0 Å². The van der Waals surface area contributed by atoms with E-state index in [1.54, 1.807) is 0 Å². The van der Waals surface area contributed by atoms with Crippen molar-refractivity contribution in [3.8, 4) is 0 Å². The Morgan fingerprint density at radius 1 is 1.12 bits per heavy atom. The van der Waals surface area contributed by atoms with Crippen molar-refractivity contribution in [2.75, 3.05) is 19.7 Å². The molecule has 1 unspecified atom stereocenters. The highest BCUT2D eigenvalue weighted by Crippen LogP contribution is 2.27. The van der Waals surface area contributed by atoms with Gasteiger partial charge in [-0.25, -0.2) is 17.2 Å². The Labute approximate surface area is 139 Å². The minimum absolute atomic E-state index is 0.0855. The molecule has 24 heavy (non-hydrogen) atoms. The van der Waals surface area contributed by atoms with Gasteiger partial charge in [-0.1, -0.05) is 29.8 Å². The zero-order valence-electron chi connectivity index (χ0n) is 13.1. The Hall–Kier alpha value is -1.83. The van der Waals surface area contributed by atoms with Crippen molar-refractivity contribution in [3.05, 3.63) is 65.2 Å². The van der Waals surface area contributed by atoms with E-state index in [-0.39, 0.29) is 19.7 Å². The molecule has 1 saturated heterocycles. The van der Waals surface area contributed by atoms with Gasteiger partial charge >= 0.3 is 0 Å². The molecule has 0 N–H and O–H groups in total. The summed E-state index contributed by atoms with van der Waals surface area (Å²) in [5.74, 6) is -1.90. The molecule has 4 nitrogen and oxygen atoms in total. The highest BCUT2D eigenvalue weighted by Gasteiger charge is 2.33. The maximum absolute atomic E-state index is 13.9. The fourth-order valence-corrected chi connectivity index (χ4v) is 4.12. The third kappa shape index (κ3) is 3.33. The van der Waals surface area contributed by atoms with Gasteiger partial charge < -0.3 is 4.74 Å². The second-order valence-corrected chi connectivity index (χ2v) is 7.61. The van der Waals surface area contributed by atoms with Crippen LogP contribution < -0.4 is 0 Å². The van der Waals surface area contributed by atoms with Crippen LogP contribution in [0, 0.1) is 18.6 Å². The summed E-state index contributed by atoms with van der Waals surface area (Å²) in [6, 6.07) is 10.1. The number of ether oxygens (including phenoxy) is 1. The maximum atomic E-state index is 13.9. The minimum Gasteiger partial charge on any atom is -0.371 e. The van der Waals surface area contributed by atoms with Gasteiger partial charge in [-0.05, 0) is 24.6 Å². The molecule has 1 heterocycles. The summed E-state index contributed by atoms with van der Waals surface area (Å²) in [5.41, 5.74) is 1.95. The molecular weight excluding hydrogens is 336 g/mol. The fourth-order valence-electron chi connectivity index (χ4n) is 2.65. The summed E-state index contributed by atoms with van der Waals surface area (Å²) < 4.78 is 59.1. The normalized spacial score (nSPS) is 19.4. The van der Waals surface area contributed by atoms with Crippen LogP contribution in [0.25, 0.3) is 0 Å². The molecule has 1 atom stereocenters. The zero-order chi connectivity index (χ0) is 17.3. The third-order valence-electron chi connectivity index (χ3n) is 3.99. The van der Waals surface area contributed by atoms with E-state index in [0.29, 0.717) is 6.07 Å². The van der Waals surface area contributed by atoms with E-state index in [1.807, 2.05) is 31.2 Å². The SMILES string of the molecule is Cc1ccc(C2CN(S(=O)(=O)c3ccc(F)cc3F)CCO2)cc1. The first-order chi connectivity index (χ1) is 11.4. The number of benzene rings is 2. The second-order valence-electron chi connectivity index (χ2n) is 5.71. The number of hydrogen-bond acceptors (Lipinski definition) is 3. The van der Waals surface area contributed by atoms with Crippen molar-refractivity contribution in [3.63, 3.8) is 0 Å². The highest BCUT2D eigenvalue weighted by molar-refractivity contribution is 7.89. The minimum atomic E-state index is -4.05. The number of nitrogens with zero attached hydrogens (tertiary/aromatic N) is 1. The lowest BCUT2D eigenvalue weighted by atomic mass is 10.1. The molecule has 0 bridgehead atoms. The van der Waals surface area contributed by atoms with Crippen LogP contribution in [0.2, 0.25) is 0 Å². The van der Waals surface area contributed by atoms with E-state index in [9.17, 15) is 17.2 Å². The first kappa shape index (κ1) is 17.0. The zero-order valence-corrected chi connectivity index (χ0v) is 13.9. The lowest BCUT2D eigenvalue weighted by molar-refractivity contribution is -0.00261. The van der Waals surface area contributed by atoms with Crippen LogP contribution in [0.5, 0.6) is 0 Å². The molecule has 128 valence electrons. The quantitative estimate of drug-likeness (QED) is 0.852. The van der Waals surface area contributed by atoms with E-state index >= 15 is 0 Å². The van der Waals surface area contributed by atoms with Crippen LogP contribution in [0.4, 0.5) is 8.78 Å². The Balaban J connectivity index is 1.87. The Morgan fingerprint density at radius 3 is 2.50 bits per heavy atom. The second kappa shape index (κ2) is 6.58. The van der Waals surface area contributed by atoms with Gasteiger partial charge in [-0.2, -0.15) is 4.31 Å². The molecule has 1 aliphatic heterocycles. The van der Waals surface area contributed by atoms with Gasteiger partial charge in [0.05, 0.1) is 12.7 Å². The van der Waals surface area contributed by atoms with E-state index in [4.69, 9.17) is 4.74 Å². The Morgan fingerprint density at radius 2 is 1.83 bits per heavy atom. The molecule has 2 aromatic rings. The van der Waals surface area contributed by atoms with Gasteiger partial charge in [0.25, 0.3) is 0 Å². The Bertz CT molecular complexity index is 837. The topological polar surface area (TPSA) is 46.6 Å². The van der Waals surface area contributed by atoms with Crippen LogP contribution >= 0.6 is 0 Å². The van der Waals surface area contributed by atoms with Crippen molar-refractivity contribution < 1.29 is 21.9 Å². The molecule has 0 spiro atoms. The van der Waals surface area contributed by atoms with E-state index < -0.39 is 32.7 Å². The molecule has 1 aliphatic rings. The fraction of sp³-hybridized carbons (Fsp3) is 0.294. The van der Waals surface area contributed by atoms with Crippen molar-refractivity contribution in [2.24, 2.45) is 0 Å². The molecule has 0 aromatic heterocycles. The first-order valence-corrected chi connectivity index (χ1v) is 8.95. The highest BCUT2D eigenvalue weighted by atomic mass is 32.2. The van der Waals surface area contributed by atoms with Crippen LogP contribution in [0.1, 0.15) is 17.2 Å². The van der Waals surface area contributed by atoms with E-state index in [1.165, 1.54) is 4.31 Å². The molecular formula is C17H17F2NO3S. The summed E-state index contributed by atoms with van der Waals surface area (Å²) in [6.45, 7) is 2.38. The number of hydrogen-bond donors (Lipinski definition) is 0. The summed E-state index contributed by atoms with van der Waals surface area (Å²) in [6.07, 6.45) is -0.419. The number of rotatable bonds is 3. The number of aryl methyl sites for hydroxylation is 1. The van der Waals surface area contributed by atoms with E-state index in [0.717, 1.165) is 23.3 Å². The summed E-state index contributed by atoms with van der Waals surface area (Å²) in [7, 11) is -4.05. The van der Waals surface area contributed by atoms with Crippen LogP contribution in [0.15, 0.2) is 47.4 Å². The standard InChI is InChI=1S/C17H17F2NO3S/c1-12-2-4-13(5-3-12)16-11-20(8-9-23-16)24(21,22)17-7-6-14(18)10-15(17)19/h2-7,10,16H,8-9,11H2,1H3. The van der Waals surface area contributed by atoms with Gasteiger partial charge in [0.2, 0.25) is 10.0 Å². The van der Waals surface area contributed by atoms with Gasteiger partial charge in [0.1, 0.15) is 16.5 Å². The lowest BCUT2D eigenvalue weighted by Crippen LogP contribution is -2.42. The van der Waals surface area contributed by atoms with Crippen LogP contribution in [-0.2, 0) is 14.8 Å². The van der Waals surface area contributed by atoms with E-state index in [2.05, 4.69) is 0 Å². The summed E-state index contributed by atoms with van der Waals surface area (Å²) in [4.78, 5) is -0.520. The smallest absolute Gasteiger partial charge is 0.246 e. The molecule has 0 aliphatic carbocycles. The van der Waals surface area contributed by atoms with Crippen molar-refractivity contribution >= 4 is 10.0 Å².